The molecule has 0 aliphatic carbocycles. The second-order valence-electron chi connectivity index (χ2n) is 4.00. The molecule has 96 valence electrons. The number of nitrogen functional groups attached to an aromatic ring is 1. The molecule has 0 radical (unpaired) electrons. The number of hydrogen-bond acceptors (Lipinski definition) is 5. The van der Waals surface area contributed by atoms with Gasteiger partial charge in [0.05, 0.1) is 11.7 Å². The third-order valence-electron chi connectivity index (χ3n) is 2.59. The first-order valence-electron chi connectivity index (χ1n) is 5.51. The van der Waals surface area contributed by atoms with Crippen LogP contribution in [0.2, 0.25) is 5.02 Å². The van der Waals surface area contributed by atoms with Gasteiger partial charge in [0.2, 0.25) is 0 Å². The van der Waals surface area contributed by atoms with Crippen LogP contribution < -0.4 is 5.73 Å². The fraction of sp³-hybridized carbons (Fsp3) is 0.333. The van der Waals surface area contributed by atoms with E-state index in [4.69, 9.17) is 26.6 Å². The fourth-order valence-corrected chi connectivity index (χ4v) is 1.67. The summed E-state index contributed by atoms with van der Waals surface area (Å²) in [7, 11) is 1.64. The van der Waals surface area contributed by atoms with Crippen molar-refractivity contribution in [1.82, 2.24) is 10.1 Å². The van der Waals surface area contributed by atoms with Crippen molar-refractivity contribution in [3.8, 4) is 11.5 Å². The number of nitrogens with two attached hydrogens (primary N) is 1. The summed E-state index contributed by atoms with van der Waals surface area (Å²) in [5, 5.41) is 4.46. The highest BCUT2D eigenvalue weighted by atomic mass is 35.5. The highest BCUT2D eigenvalue weighted by Crippen LogP contribution is 2.27. The number of hydrogen-bond donors (Lipinski definition) is 1. The van der Waals surface area contributed by atoms with Gasteiger partial charge in [-0.15, -0.1) is 0 Å². The van der Waals surface area contributed by atoms with Gasteiger partial charge in [-0.3, -0.25) is 0 Å². The molecular formula is C12H14ClN3O2. The molecule has 1 unspecified atom stereocenters. The van der Waals surface area contributed by atoms with E-state index in [-0.39, 0.29) is 6.10 Å². The Hall–Kier alpha value is -1.59. The minimum Gasteiger partial charge on any atom is -0.398 e. The normalized spacial score (nSPS) is 12.6. The third kappa shape index (κ3) is 2.80. The van der Waals surface area contributed by atoms with Crippen molar-refractivity contribution in [2.45, 2.75) is 19.4 Å². The maximum absolute atomic E-state index is 5.91. The zero-order valence-corrected chi connectivity index (χ0v) is 10.9. The second-order valence-corrected chi connectivity index (χ2v) is 4.43. The van der Waals surface area contributed by atoms with Crippen LogP contribution in [-0.4, -0.2) is 23.4 Å². The molecule has 1 heterocycles. The molecule has 1 aromatic carbocycles. The quantitative estimate of drug-likeness (QED) is 0.862. The van der Waals surface area contributed by atoms with E-state index < -0.39 is 0 Å². The molecule has 0 amide bonds. The Morgan fingerprint density at radius 2 is 2.28 bits per heavy atom. The first kappa shape index (κ1) is 12.9. The van der Waals surface area contributed by atoms with Crippen molar-refractivity contribution in [3.05, 3.63) is 29.0 Å². The van der Waals surface area contributed by atoms with Crippen molar-refractivity contribution in [2.75, 3.05) is 12.8 Å². The highest BCUT2D eigenvalue weighted by Gasteiger charge is 2.14. The maximum Gasteiger partial charge on any atom is 0.260 e. The minimum atomic E-state index is 0.0344. The lowest BCUT2D eigenvalue weighted by atomic mass is 10.2. The minimum absolute atomic E-state index is 0.0344. The molecule has 2 N–H and O–H groups in total. The molecule has 5 nitrogen and oxygen atoms in total. The smallest absolute Gasteiger partial charge is 0.260 e. The van der Waals surface area contributed by atoms with E-state index >= 15 is 0 Å². The second kappa shape index (κ2) is 5.37. The van der Waals surface area contributed by atoms with E-state index in [0.717, 1.165) is 0 Å². The number of aromatic nitrogens is 2. The standard InChI is InChI=1S/C12H14ClN3O2/c1-7(17-2)5-11-15-12(18-16-11)9-6-8(13)3-4-10(9)14/h3-4,6-7H,5,14H2,1-2H3. The Kier molecular flexibility index (Phi) is 3.84. The zero-order chi connectivity index (χ0) is 13.1. The number of nitrogens with zero attached hydrogens (tertiary/aromatic N) is 2. The van der Waals surface area contributed by atoms with Crippen LogP contribution in [0.25, 0.3) is 11.5 Å². The van der Waals surface area contributed by atoms with Crippen LogP contribution in [0.1, 0.15) is 12.7 Å². The van der Waals surface area contributed by atoms with Gasteiger partial charge in [-0.05, 0) is 25.1 Å². The van der Waals surface area contributed by atoms with E-state index in [1.165, 1.54) is 0 Å². The largest absolute Gasteiger partial charge is 0.398 e. The molecule has 0 bridgehead atoms. The molecule has 0 aliphatic rings. The van der Waals surface area contributed by atoms with Crippen molar-refractivity contribution < 1.29 is 9.26 Å². The van der Waals surface area contributed by atoms with Gasteiger partial charge in [0.1, 0.15) is 0 Å². The number of anilines is 1. The van der Waals surface area contributed by atoms with Crippen molar-refractivity contribution in [1.29, 1.82) is 0 Å². The lowest BCUT2D eigenvalue weighted by Crippen LogP contribution is -2.09. The van der Waals surface area contributed by atoms with Gasteiger partial charge in [-0.2, -0.15) is 4.98 Å². The number of ether oxygens (including phenoxy) is 1. The molecule has 1 aromatic heterocycles. The van der Waals surface area contributed by atoms with Crippen LogP contribution >= 0.6 is 11.6 Å². The molecule has 2 rings (SSSR count). The molecule has 0 saturated heterocycles. The molecule has 6 heteroatoms. The summed E-state index contributed by atoms with van der Waals surface area (Å²) in [6.45, 7) is 1.93. The molecule has 0 spiro atoms. The molecule has 2 aromatic rings. The number of rotatable bonds is 4. The van der Waals surface area contributed by atoms with Crippen LogP contribution in [0.3, 0.4) is 0 Å². The van der Waals surface area contributed by atoms with E-state index in [1.54, 1.807) is 25.3 Å². The van der Waals surface area contributed by atoms with Crippen LogP contribution in [-0.2, 0) is 11.2 Å². The predicted molar refractivity (Wildman–Crippen MR) is 69.3 cm³/mol. The SMILES string of the molecule is COC(C)Cc1noc(-c2cc(Cl)ccc2N)n1. The number of methoxy groups -OCH3 is 1. The van der Waals surface area contributed by atoms with Gasteiger partial charge in [-0.25, -0.2) is 0 Å². The topological polar surface area (TPSA) is 74.2 Å². The Balaban J connectivity index is 2.26. The monoisotopic (exact) mass is 267 g/mol. The van der Waals surface area contributed by atoms with Gasteiger partial charge >= 0.3 is 0 Å². The lowest BCUT2D eigenvalue weighted by Gasteiger charge is -2.04. The number of benzene rings is 1. The molecule has 0 aliphatic heterocycles. The van der Waals surface area contributed by atoms with E-state index in [9.17, 15) is 0 Å². The van der Waals surface area contributed by atoms with Crippen LogP contribution in [0.5, 0.6) is 0 Å². The van der Waals surface area contributed by atoms with Gasteiger partial charge < -0.3 is 15.0 Å². The Morgan fingerprint density at radius 1 is 1.50 bits per heavy atom. The van der Waals surface area contributed by atoms with Crippen molar-refractivity contribution >= 4 is 17.3 Å². The van der Waals surface area contributed by atoms with E-state index in [0.29, 0.717) is 34.4 Å². The summed E-state index contributed by atoms with van der Waals surface area (Å²) in [4.78, 5) is 4.27. The molecule has 18 heavy (non-hydrogen) atoms. The number of halogens is 1. The van der Waals surface area contributed by atoms with Gasteiger partial charge in [-0.1, -0.05) is 16.8 Å². The lowest BCUT2D eigenvalue weighted by molar-refractivity contribution is 0.116. The summed E-state index contributed by atoms with van der Waals surface area (Å²) in [5.74, 6) is 0.951. The summed E-state index contributed by atoms with van der Waals surface area (Å²) in [6, 6.07) is 5.12. The Labute approximate surface area is 110 Å². The van der Waals surface area contributed by atoms with E-state index in [1.807, 2.05) is 6.92 Å². The van der Waals surface area contributed by atoms with E-state index in [2.05, 4.69) is 10.1 Å². The fourth-order valence-electron chi connectivity index (χ4n) is 1.50. The molecular weight excluding hydrogens is 254 g/mol. The summed E-state index contributed by atoms with van der Waals surface area (Å²) < 4.78 is 10.3. The van der Waals surface area contributed by atoms with Crippen LogP contribution in [0.4, 0.5) is 5.69 Å². The van der Waals surface area contributed by atoms with Crippen molar-refractivity contribution in [2.24, 2.45) is 0 Å². The first-order chi connectivity index (χ1) is 8.60. The van der Waals surface area contributed by atoms with Crippen LogP contribution in [0, 0.1) is 0 Å². The third-order valence-corrected chi connectivity index (χ3v) is 2.82. The first-order valence-corrected chi connectivity index (χ1v) is 5.88. The van der Waals surface area contributed by atoms with Crippen LogP contribution in [0.15, 0.2) is 22.7 Å². The maximum atomic E-state index is 5.91. The predicted octanol–water partition coefficient (Wildman–Crippen LogP) is 2.55. The van der Waals surface area contributed by atoms with Gasteiger partial charge in [0, 0.05) is 24.2 Å². The summed E-state index contributed by atoms with van der Waals surface area (Å²) in [6.07, 6.45) is 0.618. The van der Waals surface area contributed by atoms with Gasteiger partial charge in [0.25, 0.3) is 5.89 Å². The highest BCUT2D eigenvalue weighted by molar-refractivity contribution is 6.31. The average Bonchev–Trinajstić information content (AvgIpc) is 2.80. The molecule has 0 saturated carbocycles. The average molecular weight is 268 g/mol. The molecule has 0 fully saturated rings. The Morgan fingerprint density at radius 3 is 3.00 bits per heavy atom. The summed E-state index contributed by atoms with van der Waals surface area (Å²) >= 11 is 5.91. The summed E-state index contributed by atoms with van der Waals surface area (Å²) in [5.41, 5.74) is 7.04. The van der Waals surface area contributed by atoms with Crippen molar-refractivity contribution in [3.63, 3.8) is 0 Å². The van der Waals surface area contributed by atoms with Gasteiger partial charge in [0.15, 0.2) is 5.82 Å². The zero-order valence-electron chi connectivity index (χ0n) is 10.2. The molecule has 1 atom stereocenters. The Bertz CT molecular complexity index is 542.